The third-order valence-corrected chi connectivity index (χ3v) is 2.75. The van der Waals surface area contributed by atoms with Crippen molar-refractivity contribution in [2.24, 2.45) is 0 Å². The molecule has 5 nitrogen and oxygen atoms in total. The van der Waals surface area contributed by atoms with Crippen LogP contribution in [-0.4, -0.2) is 35.1 Å². The number of carboxylic acid groups (broad SMARTS) is 1. The Labute approximate surface area is 97.7 Å². The van der Waals surface area contributed by atoms with E-state index in [2.05, 4.69) is 5.32 Å². The van der Waals surface area contributed by atoms with E-state index in [-0.39, 0.29) is 12.6 Å². The highest BCUT2D eigenvalue weighted by Gasteiger charge is 2.13. The van der Waals surface area contributed by atoms with E-state index in [9.17, 15) is 9.59 Å². The lowest BCUT2D eigenvalue weighted by Gasteiger charge is -2.18. The summed E-state index contributed by atoms with van der Waals surface area (Å²) in [6.07, 6.45) is 0. The highest BCUT2D eigenvalue weighted by Crippen LogP contribution is 2.05. The summed E-state index contributed by atoms with van der Waals surface area (Å²) in [6.45, 7) is 2.28. The summed E-state index contributed by atoms with van der Waals surface area (Å²) in [5.41, 5.74) is 1.02. The molecular weight excluding hydrogens is 228 g/mol. The molecule has 0 spiro atoms. The van der Waals surface area contributed by atoms with Gasteiger partial charge in [0.05, 0.1) is 0 Å². The number of carbonyl (C=O) groups excluding carboxylic acids is 1. The van der Waals surface area contributed by atoms with Gasteiger partial charge in [0.25, 0.3) is 0 Å². The van der Waals surface area contributed by atoms with Crippen molar-refractivity contribution in [2.45, 2.75) is 13.5 Å². The second-order valence-corrected chi connectivity index (χ2v) is 3.98. The third kappa shape index (κ3) is 3.90. The number of likely N-dealkylation sites (N-methyl/N-ethyl adjacent to an activating group) is 1. The normalized spacial score (nSPS) is 9.81. The van der Waals surface area contributed by atoms with Crippen LogP contribution in [0.5, 0.6) is 0 Å². The quantitative estimate of drug-likeness (QED) is 0.819. The fraction of sp³-hybridized carbons (Fsp3) is 0.400. The van der Waals surface area contributed by atoms with E-state index in [0.29, 0.717) is 13.1 Å². The molecule has 0 fully saturated rings. The molecule has 0 aromatic carbocycles. The Morgan fingerprint density at radius 3 is 2.81 bits per heavy atom. The number of nitrogens with one attached hydrogen (secondary N) is 1. The number of nitrogens with zero attached hydrogens (tertiary/aromatic N) is 1. The minimum absolute atomic E-state index is 0.272. The number of aliphatic carboxylic acids is 1. The summed E-state index contributed by atoms with van der Waals surface area (Å²) in [4.78, 5) is 23.3. The van der Waals surface area contributed by atoms with E-state index in [1.54, 1.807) is 18.3 Å². The molecule has 0 bridgehead atoms. The first-order valence-corrected chi connectivity index (χ1v) is 5.83. The first-order chi connectivity index (χ1) is 7.63. The number of hydrogen-bond donors (Lipinski definition) is 2. The summed E-state index contributed by atoms with van der Waals surface area (Å²) in [7, 11) is 0. The SMILES string of the molecule is CCN(CC(=O)O)C(=O)NCc1ccsc1. The summed E-state index contributed by atoms with van der Waals surface area (Å²) in [5, 5.41) is 15.1. The Hall–Kier alpha value is -1.56. The molecule has 0 aliphatic carbocycles. The number of rotatable bonds is 5. The fourth-order valence-corrected chi connectivity index (χ4v) is 1.84. The summed E-state index contributed by atoms with van der Waals surface area (Å²) < 4.78 is 0. The van der Waals surface area contributed by atoms with Crippen LogP contribution in [0.15, 0.2) is 16.8 Å². The predicted octanol–water partition coefficient (Wildman–Crippen LogP) is 1.36. The third-order valence-electron chi connectivity index (χ3n) is 2.02. The van der Waals surface area contributed by atoms with Gasteiger partial charge in [0.1, 0.15) is 6.54 Å². The molecule has 0 aliphatic rings. The number of carboxylic acids is 1. The molecule has 0 saturated heterocycles. The highest BCUT2D eigenvalue weighted by atomic mass is 32.1. The minimum atomic E-state index is -1.01. The average molecular weight is 242 g/mol. The van der Waals surface area contributed by atoms with Crippen molar-refractivity contribution in [3.05, 3.63) is 22.4 Å². The van der Waals surface area contributed by atoms with Gasteiger partial charge in [-0.05, 0) is 29.3 Å². The molecule has 0 saturated carbocycles. The smallest absolute Gasteiger partial charge is 0.323 e. The van der Waals surface area contributed by atoms with Crippen molar-refractivity contribution in [1.29, 1.82) is 0 Å². The highest BCUT2D eigenvalue weighted by molar-refractivity contribution is 7.07. The lowest BCUT2D eigenvalue weighted by Crippen LogP contribution is -2.42. The topological polar surface area (TPSA) is 69.6 Å². The van der Waals surface area contributed by atoms with Crippen LogP contribution < -0.4 is 5.32 Å². The Kier molecular flexibility index (Phi) is 4.78. The molecule has 1 rings (SSSR count). The molecule has 0 unspecified atom stereocenters. The van der Waals surface area contributed by atoms with Gasteiger partial charge in [0.15, 0.2) is 0 Å². The summed E-state index contributed by atoms with van der Waals surface area (Å²) in [5.74, 6) is -1.01. The minimum Gasteiger partial charge on any atom is -0.480 e. The summed E-state index contributed by atoms with van der Waals surface area (Å²) in [6, 6.07) is 1.56. The van der Waals surface area contributed by atoms with E-state index in [0.717, 1.165) is 5.56 Å². The second kappa shape index (κ2) is 6.12. The van der Waals surface area contributed by atoms with E-state index in [1.165, 1.54) is 4.90 Å². The predicted molar refractivity (Wildman–Crippen MR) is 61.4 cm³/mol. The first kappa shape index (κ1) is 12.5. The number of urea groups is 1. The largest absolute Gasteiger partial charge is 0.480 e. The van der Waals surface area contributed by atoms with Crippen LogP contribution in [0.1, 0.15) is 12.5 Å². The molecular formula is C10H14N2O3S. The summed E-state index contributed by atoms with van der Waals surface area (Å²) >= 11 is 1.56. The maximum Gasteiger partial charge on any atom is 0.323 e. The number of carbonyl (C=O) groups is 2. The molecule has 16 heavy (non-hydrogen) atoms. The van der Waals surface area contributed by atoms with Crippen LogP contribution in [0, 0.1) is 0 Å². The van der Waals surface area contributed by atoms with Gasteiger partial charge in [-0.3, -0.25) is 4.79 Å². The van der Waals surface area contributed by atoms with Gasteiger partial charge in [-0.25, -0.2) is 4.79 Å². The van der Waals surface area contributed by atoms with Gasteiger partial charge in [-0.1, -0.05) is 0 Å². The van der Waals surface area contributed by atoms with Gasteiger partial charge >= 0.3 is 12.0 Å². The van der Waals surface area contributed by atoms with Crippen LogP contribution in [0.25, 0.3) is 0 Å². The van der Waals surface area contributed by atoms with Crippen molar-refractivity contribution in [1.82, 2.24) is 10.2 Å². The number of hydrogen-bond acceptors (Lipinski definition) is 3. The Morgan fingerprint density at radius 2 is 2.31 bits per heavy atom. The van der Waals surface area contributed by atoms with Gasteiger partial charge < -0.3 is 15.3 Å². The van der Waals surface area contributed by atoms with Crippen LogP contribution in [0.2, 0.25) is 0 Å². The molecule has 1 heterocycles. The van der Waals surface area contributed by atoms with Crippen LogP contribution in [0.4, 0.5) is 4.79 Å². The van der Waals surface area contributed by atoms with Crippen LogP contribution >= 0.6 is 11.3 Å². The Bertz CT molecular complexity index is 351. The van der Waals surface area contributed by atoms with Crippen molar-refractivity contribution < 1.29 is 14.7 Å². The monoisotopic (exact) mass is 242 g/mol. The van der Waals surface area contributed by atoms with Crippen molar-refractivity contribution in [3.8, 4) is 0 Å². The van der Waals surface area contributed by atoms with E-state index >= 15 is 0 Å². The number of thiophene rings is 1. The maximum atomic E-state index is 11.6. The molecule has 88 valence electrons. The molecule has 2 amide bonds. The van der Waals surface area contributed by atoms with Crippen molar-refractivity contribution in [2.75, 3.05) is 13.1 Å². The van der Waals surface area contributed by atoms with Gasteiger partial charge in [0.2, 0.25) is 0 Å². The zero-order valence-electron chi connectivity index (χ0n) is 8.97. The Morgan fingerprint density at radius 1 is 1.56 bits per heavy atom. The maximum absolute atomic E-state index is 11.6. The zero-order valence-corrected chi connectivity index (χ0v) is 9.79. The molecule has 1 aromatic rings. The average Bonchev–Trinajstić information content (AvgIpc) is 2.75. The van der Waals surface area contributed by atoms with E-state index in [1.807, 2.05) is 16.8 Å². The molecule has 1 aromatic heterocycles. The lowest BCUT2D eigenvalue weighted by molar-refractivity contribution is -0.137. The van der Waals surface area contributed by atoms with Gasteiger partial charge in [-0.15, -0.1) is 0 Å². The van der Waals surface area contributed by atoms with Crippen LogP contribution in [0.3, 0.4) is 0 Å². The van der Waals surface area contributed by atoms with E-state index < -0.39 is 5.97 Å². The second-order valence-electron chi connectivity index (χ2n) is 3.20. The number of amides is 2. The van der Waals surface area contributed by atoms with Gasteiger partial charge in [-0.2, -0.15) is 11.3 Å². The molecule has 2 N–H and O–H groups in total. The van der Waals surface area contributed by atoms with Gasteiger partial charge in [0, 0.05) is 13.1 Å². The molecule has 0 radical (unpaired) electrons. The lowest BCUT2D eigenvalue weighted by atomic mass is 10.3. The zero-order chi connectivity index (χ0) is 12.0. The van der Waals surface area contributed by atoms with E-state index in [4.69, 9.17) is 5.11 Å². The fourth-order valence-electron chi connectivity index (χ4n) is 1.17. The molecule has 6 heteroatoms. The first-order valence-electron chi connectivity index (χ1n) is 4.89. The molecule has 0 atom stereocenters. The van der Waals surface area contributed by atoms with Crippen LogP contribution in [-0.2, 0) is 11.3 Å². The standard InChI is InChI=1S/C10H14N2O3S/c1-2-12(6-9(13)14)10(15)11-5-8-3-4-16-7-8/h3-4,7H,2,5-6H2,1H3,(H,11,15)(H,13,14). The molecule has 0 aliphatic heterocycles. The van der Waals surface area contributed by atoms with Crippen molar-refractivity contribution in [3.63, 3.8) is 0 Å². The Balaban J connectivity index is 2.40. The van der Waals surface area contributed by atoms with Crippen molar-refractivity contribution >= 4 is 23.3 Å².